The average Bonchev–Trinajstić information content (AvgIpc) is 3.04. The minimum Gasteiger partial charge on any atom is -0.350 e. The molecule has 0 fully saturated rings. The molecular weight excluding hydrogens is 348 g/mol. The van der Waals surface area contributed by atoms with Crippen LogP contribution in [-0.4, -0.2) is 33.2 Å². The molecular formula is C20H24N2O3S. The second-order valence-electron chi connectivity index (χ2n) is 6.83. The Hall–Kier alpha value is -2.34. The number of nitrogens with one attached hydrogen (secondary N) is 1. The average molecular weight is 372 g/mol. The Morgan fingerprint density at radius 3 is 2.62 bits per heavy atom. The summed E-state index contributed by atoms with van der Waals surface area (Å²) in [7, 11) is -3.27. The van der Waals surface area contributed by atoms with Gasteiger partial charge in [-0.05, 0) is 55.5 Å². The van der Waals surface area contributed by atoms with Crippen molar-refractivity contribution < 1.29 is 13.2 Å². The van der Waals surface area contributed by atoms with Gasteiger partial charge in [-0.25, -0.2) is 8.42 Å². The summed E-state index contributed by atoms with van der Waals surface area (Å²) in [4.78, 5) is 12.5. The van der Waals surface area contributed by atoms with Crippen LogP contribution in [0.3, 0.4) is 0 Å². The van der Waals surface area contributed by atoms with Gasteiger partial charge in [0.2, 0.25) is 10.0 Å². The van der Waals surface area contributed by atoms with Crippen LogP contribution >= 0.6 is 0 Å². The van der Waals surface area contributed by atoms with Crippen LogP contribution in [0.4, 0.5) is 5.69 Å². The molecule has 138 valence electrons. The summed E-state index contributed by atoms with van der Waals surface area (Å²) < 4.78 is 25.0. The molecule has 1 aliphatic heterocycles. The van der Waals surface area contributed by atoms with Gasteiger partial charge in [0.1, 0.15) is 0 Å². The number of aryl methyl sites for hydroxylation is 1. The molecule has 0 radical (unpaired) electrons. The van der Waals surface area contributed by atoms with Crippen LogP contribution in [0.5, 0.6) is 0 Å². The summed E-state index contributed by atoms with van der Waals surface area (Å²) in [6.45, 7) is 2.44. The van der Waals surface area contributed by atoms with Crippen molar-refractivity contribution in [2.75, 3.05) is 17.1 Å². The van der Waals surface area contributed by atoms with Gasteiger partial charge in [0.25, 0.3) is 5.91 Å². The summed E-state index contributed by atoms with van der Waals surface area (Å²) in [6.07, 6.45) is 3.61. The van der Waals surface area contributed by atoms with E-state index in [0.717, 1.165) is 18.4 Å². The van der Waals surface area contributed by atoms with Crippen molar-refractivity contribution in [3.8, 4) is 0 Å². The number of rotatable bonds is 6. The first-order valence-electron chi connectivity index (χ1n) is 8.80. The third kappa shape index (κ3) is 4.25. The first kappa shape index (κ1) is 18.5. The number of carbonyl (C=O) groups excluding carboxylic acids is 1. The van der Waals surface area contributed by atoms with Crippen molar-refractivity contribution in [2.24, 2.45) is 0 Å². The highest BCUT2D eigenvalue weighted by molar-refractivity contribution is 7.92. The van der Waals surface area contributed by atoms with Crippen LogP contribution in [0.15, 0.2) is 48.5 Å². The number of fused-ring (bicyclic) bond motifs is 1. The Bertz CT molecular complexity index is 895. The summed E-state index contributed by atoms with van der Waals surface area (Å²) in [5.41, 5.74) is 3.42. The van der Waals surface area contributed by atoms with Crippen LogP contribution < -0.4 is 9.62 Å². The van der Waals surface area contributed by atoms with Crippen molar-refractivity contribution in [2.45, 2.75) is 32.2 Å². The molecule has 26 heavy (non-hydrogen) atoms. The lowest BCUT2D eigenvalue weighted by atomic mass is 10.0. The molecule has 5 nitrogen and oxygen atoms in total. The number of amides is 1. The zero-order chi connectivity index (χ0) is 18.7. The van der Waals surface area contributed by atoms with E-state index in [-0.39, 0.29) is 11.9 Å². The van der Waals surface area contributed by atoms with Crippen LogP contribution in [0.2, 0.25) is 0 Å². The Labute approximate surface area is 155 Å². The second kappa shape index (κ2) is 7.50. The van der Waals surface area contributed by atoms with Gasteiger partial charge in [-0.15, -0.1) is 0 Å². The summed E-state index contributed by atoms with van der Waals surface area (Å²) in [6, 6.07) is 15.5. The lowest BCUT2D eigenvalue weighted by Gasteiger charge is -2.17. The van der Waals surface area contributed by atoms with E-state index in [1.54, 1.807) is 18.2 Å². The van der Waals surface area contributed by atoms with Gasteiger partial charge in [0, 0.05) is 18.2 Å². The minimum atomic E-state index is -3.27. The fourth-order valence-corrected chi connectivity index (χ4v) is 4.22. The van der Waals surface area contributed by atoms with Gasteiger partial charge in [-0.2, -0.15) is 0 Å². The quantitative estimate of drug-likeness (QED) is 0.848. The van der Waals surface area contributed by atoms with Gasteiger partial charge in [0.05, 0.1) is 11.9 Å². The van der Waals surface area contributed by atoms with Crippen molar-refractivity contribution in [1.82, 2.24) is 5.32 Å². The highest BCUT2D eigenvalue weighted by atomic mass is 32.2. The van der Waals surface area contributed by atoms with E-state index in [2.05, 4.69) is 17.4 Å². The van der Waals surface area contributed by atoms with E-state index in [1.165, 1.54) is 16.1 Å². The Balaban J connectivity index is 1.62. The Kier molecular flexibility index (Phi) is 5.32. The van der Waals surface area contributed by atoms with Gasteiger partial charge in [-0.3, -0.25) is 9.10 Å². The number of nitrogens with zero attached hydrogens (tertiary/aromatic N) is 1. The number of sulfonamides is 1. The molecule has 0 saturated carbocycles. The third-order valence-corrected chi connectivity index (χ3v) is 5.86. The molecule has 6 heteroatoms. The minimum absolute atomic E-state index is 0.0588. The number of hydrogen-bond donors (Lipinski definition) is 1. The smallest absolute Gasteiger partial charge is 0.251 e. The van der Waals surface area contributed by atoms with Crippen molar-refractivity contribution in [3.05, 3.63) is 65.2 Å². The summed E-state index contributed by atoms with van der Waals surface area (Å²) in [5.74, 6) is -0.119. The maximum atomic E-state index is 12.5. The maximum absolute atomic E-state index is 12.5. The standard InChI is InChI=1S/C20H24N2O3S/c1-15(8-9-16-6-4-3-5-7-16)21-20(23)18-10-11-19-17(14-18)12-13-22(19)26(2,24)25/h3-7,10-11,14-15H,8-9,12-13H2,1-2H3,(H,21,23)/t15-/m1/s1. The first-order chi connectivity index (χ1) is 12.3. The van der Waals surface area contributed by atoms with Crippen LogP contribution in [0.25, 0.3) is 0 Å². The number of anilines is 1. The molecule has 1 N–H and O–H groups in total. The normalized spacial score (nSPS) is 14.8. The SMILES string of the molecule is C[C@H](CCc1ccccc1)NC(=O)c1ccc2c(c1)CCN2S(C)(=O)=O. The van der Waals surface area contributed by atoms with Crippen LogP contribution in [-0.2, 0) is 22.9 Å². The third-order valence-electron chi connectivity index (χ3n) is 4.68. The highest BCUT2D eigenvalue weighted by Crippen LogP contribution is 2.30. The van der Waals surface area contributed by atoms with Gasteiger partial charge < -0.3 is 5.32 Å². The van der Waals surface area contributed by atoms with Gasteiger partial charge in [-0.1, -0.05) is 30.3 Å². The summed E-state index contributed by atoms with van der Waals surface area (Å²) in [5, 5.41) is 3.03. The molecule has 0 unspecified atom stereocenters. The molecule has 0 bridgehead atoms. The molecule has 0 saturated heterocycles. The van der Waals surface area contributed by atoms with Crippen molar-refractivity contribution in [1.29, 1.82) is 0 Å². The number of benzene rings is 2. The van der Waals surface area contributed by atoms with Crippen LogP contribution in [0, 0.1) is 0 Å². The fraction of sp³-hybridized carbons (Fsp3) is 0.350. The predicted octanol–water partition coefficient (Wildman–Crippen LogP) is 2.76. The molecule has 0 aromatic heterocycles. The van der Waals surface area contributed by atoms with E-state index >= 15 is 0 Å². The molecule has 0 aliphatic carbocycles. The largest absolute Gasteiger partial charge is 0.350 e. The Morgan fingerprint density at radius 2 is 1.92 bits per heavy atom. The zero-order valence-electron chi connectivity index (χ0n) is 15.1. The van der Waals surface area contributed by atoms with Gasteiger partial charge >= 0.3 is 0 Å². The molecule has 1 amide bonds. The molecule has 1 aliphatic rings. The van der Waals surface area contributed by atoms with E-state index in [0.29, 0.717) is 24.2 Å². The molecule has 3 rings (SSSR count). The second-order valence-corrected chi connectivity index (χ2v) is 8.73. The predicted molar refractivity (Wildman–Crippen MR) is 104 cm³/mol. The fourth-order valence-electron chi connectivity index (χ4n) is 3.26. The zero-order valence-corrected chi connectivity index (χ0v) is 15.9. The molecule has 2 aromatic carbocycles. The molecule has 0 spiro atoms. The van der Waals surface area contributed by atoms with Crippen LogP contribution in [0.1, 0.15) is 34.8 Å². The van der Waals surface area contributed by atoms with E-state index in [1.807, 2.05) is 25.1 Å². The molecule has 2 aromatic rings. The molecule has 1 heterocycles. The Morgan fingerprint density at radius 1 is 1.19 bits per heavy atom. The van der Waals surface area contributed by atoms with E-state index in [9.17, 15) is 13.2 Å². The highest BCUT2D eigenvalue weighted by Gasteiger charge is 2.26. The first-order valence-corrected chi connectivity index (χ1v) is 10.6. The number of hydrogen-bond acceptors (Lipinski definition) is 3. The lowest BCUT2D eigenvalue weighted by molar-refractivity contribution is 0.0938. The monoisotopic (exact) mass is 372 g/mol. The van der Waals surface area contributed by atoms with E-state index < -0.39 is 10.0 Å². The van der Waals surface area contributed by atoms with Crippen molar-refractivity contribution >= 4 is 21.6 Å². The van der Waals surface area contributed by atoms with E-state index in [4.69, 9.17) is 0 Å². The molecule has 1 atom stereocenters. The van der Waals surface area contributed by atoms with Gasteiger partial charge in [0.15, 0.2) is 0 Å². The number of carbonyl (C=O) groups is 1. The maximum Gasteiger partial charge on any atom is 0.251 e. The topological polar surface area (TPSA) is 66.5 Å². The lowest BCUT2D eigenvalue weighted by Crippen LogP contribution is -2.33. The summed E-state index contributed by atoms with van der Waals surface area (Å²) >= 11 is 0. The van der Waals surface area contributed by atoms with Crippen molar-refractivity contribution in [3.63, 3.8) is 0 Å².